The van der Waals surface area contributed by atoms with Gasteiger partial charge in [0.25, 0.3) is 0 Å². The lowest BCUT2D eigenvalue weighted by Crippen LogP contribution is -2.31. The van der Waals surface area contributed by atoms with E-state index in [-0.39, 0.29) is 12.1 Å². The number of anilines is 1. The van der Waals surface area contributed by atoms with Crippen LogP contribution >= 0.6 is 11.3 Å². The highest BCUT2D eigenvalue weighted by Gasteiger charge is 2.39. The van der Waals surface area contributed by atoms with Crippen molar-refractivity contribution in [3.05, 3.63) is 83.9 Å². The summed E-state index contributed by atoms with van der Waals surface area (Å²) in [5.41, 5.74) is 2.93. The minimum atomic E-state index is -0.184. The number of urea groups is 1. The third kappa shape index (κ3) is 5.03. The molecule has 5 rings (SSSR count). The van der Waals surface area contributed by atoms with Gasteiger partial charge in [0, 0.05) is 29.9 Å². The van der Waals surface area contributed by atoms with Crippen LogP contribution in [-0.2, 0) is 0 Å². The van der Waals surface area contributed by atoms with Crippen molar-refractivity contribution in [2.24, 2.45) is 0 Å². The predicted molar refractivity (Wildman–Crippen MR) is 127 cm³/mol. The van der Waals surface area contributed by atoms with Crippen molar-refractivity contribution in [2.45, 2.75) is 32.2 Å². The van der Waals surface area contributed by atoms with Gasteiger partial charge in [0.1, 0.15) is 11.5 Å². The van der Waals surface area contributed by atoms with Gasteiger partial charge in [0.2, 0.25) is 0 Å². The number of rotatable bonds is 5. The van der Waals surface area contributed by atoms with Crippen LogP contribution < -0.4 is 15.4 Å². The van der Waals surface area contributed by atoms with E-state index in [0.29, 0.717) is 11.7 Å². The molecular weight excluding hydrogens is 406 g/mol. The molecule has 31 heavy (non-hydrogen) atoms. The largest absolute Gasteiger partial charge is 0.456 e. The standard InChI is InChI=1S/C23H19N3O2S.C2H6/c27-23(26-20-14-18(20)15-4-2-1-3-5-15)25-16-6-8-17(9-7-16)28-21-10-12-24-19-11-13-29-22(19)21;1-2/h1-13,18,20H,14H2,(H2,25,26,27);1-2H3. The third-order valence-electron chi connectivity index (χ3n) is 4.98. The first-order valence-electron chi connectivity index (χ1n) is 10.5. The highest BCUT2D eigenvalue weighted by Crippen LogP contribution is 2.40. The van der Waals surface area contributed by atoms with Gasteiger partial charge >= 0.3 is 6.03 Å². The molecule has 6 heteroatoms. The summed E-state index contributed by atoms with van der Waals surface area (Å²) in [6.07, 6.45) is 2.72. The molecule has 158 valence electrons. The lowest BCUT2D eigenvalue weighted by molar-refractivity contribution is 0.251. The van der Waals surface area contributed by atoms with Gasteiger partial charge in [-0.1, -0.05) is 44.2 Å². The number of benzene rings is 2. The highest BCUT2D eigenvalue weighted by molar-refractivity contribution is 7.17. The average Bonchev–Trinajstić information content (AvgIpc) is 3.39. The Bertz CT molecular complexity index is 1140. The number of amides is 2. The first-order valence-corrected chi connectivity index (χ1v) is 11.4. The monoisotopic (exact) mass is 431 g/mol. The Morgan fingerprint density at radius 2 is 1.81 bits per heavy atom. The van der Waals surface area contributed by atoms with E-state index in [4.69, 9.17) is 4.74 Å². The van der Waals surface area contributed by atoms with Crippen LogP contribution in [0.3, 0.4) is 0 Å². The number of fused-ring (bicyclic) bond motifs is 1. The van der Waals surface area contributed by atoms with Gasteiger partial charge in [-0.05, 0) is 47.7 Å². The smallest absolute Gasteiger partial charge is 0.319 e. The van der Waals surface area contributed by atoms with Crippen molar-refractivity contribution in [1.82, 2.24) is 10.3 Å². The first kappa shape index (κ1) is 20.9. The lowest BCUT2D eigenvalue weighted by Gasteiger charge is -2.10. The summed E-state index contributed by atoms with van der Waals surface area (Å²) in [4.78, 5) is 16.6. The van der Waals surface area contributed by atoms with E-state index < -0.39 is 0 Å². The SMILES string of the molecule is CC.O=C(Nc1ccc(Oc2ccnc3ccsc23)cc1)NC1CC1c1ccccc1. The normalized spacial score (nSPS) is 16.7. The zero-order valence-corrected chi connectivity index (χ0v) is 18.4. The molecule has 1 aliphatic carbocycles. The zero-order chi connectivity index (χ0) is 21.6. The van der Waals surface area contributed by atoms with Gasteiger partial charge in [-0.25, -0.2) is 4.79 Å². The maximum atomic E-state index is 12.3. The van der Waals surface area contributed by atoms with Crippen molar-refractivity contribution in [2.75, 3.05) is 5.32 Å². The molecule has 1 fully saturated rings. The van der Waals surface area contributed by atoms with Crippen LogP contribution in [0.4, 0.5) is 10.5 Å². The molecule has 2 amide bonds. The number of hydrogen-bond acceptors (Lipinski definition) is 4. The maximum absolute atomic E-state index is 12.3. The van der Waals surface area contributed by atoms with E-state index in [1.54, 1.807) is 17.5 Å². The predicted octanol–water partition coefficient (Wildman–Crippen LogP) is 6.79. The second-order valence-electron chi connectivity index (χ2n) is 7.03. The third-order valence-corrected chi connectivity index (χ3v) is 5.90. The minimum Gasteiger partial charge on any atom is -0.456 e. The molecule has 1 aliphatic rings. The average molecular weight is 432 g/mol. The van der Waals surface area contributed by atoms with Crippen molar-refractivity contribution >= 4 is 33.3 Å². The lowest BCUT2D eigenvalue weighted by atomic mass is 10.1. The molecule has 2 unspecified atom stereocenters. The summed E-state index contributed by atoms with van der Waals surface area (Å²) in [7, 11) is 0. The number of hydrogen-bond donors (Lipinski definition) is 2. The summed E-state index contributed by atoms with van der Waals surface area (Å²) in [5.74, 6) is 1.90. The minimum absolute atomic E-state index is 0.184. The number of pyridine rings is 1. The van der Waals surface area contributed by atoms with Crippen molar-refractivity contribution in [3.8, 4) is 11.5 Å². The second-order valence-corrected chi connectivity index (χ2v) is 7.94. The molecule has 0 aliphatic heterocycles. The fourth-order valence-corrected chi connectivity index (χ4v) is 4.22. The second kappa shape index (κ2) is 9.62. The number of carbonyl (C=O) groups is 1. The van der Waals surface area contributed by atoms with Gasteiger partial charge in [-0.15, -0.1) is 11.3 Å². The van der Waals surface area contributed by atoms with E-state index >= 15 is 0 Å². The summed E-state index contributed by atoms with van der Waals surface area (Å²) in [5, 5.41) is 7.92. The molecule has 2 atom stereocenters. The Morgan fingerprint density at radius 1 is 1.03 bits per heavy atom. The molecule has 0 radical (unpaired) electrons. The number of nitrogens with one attached hydrogen (secondary N) is 2. The summed E-state index contributed by atoms with van der Waals surface area (Å²) >= 11 is 1.60. The first-order chi connectivity index (χ1) is 15.3. The van der Waals surface area contributed by atoms with Crippen LogP contribution in [0.5, 0.6) is 11.5 Å². The van der Waals surface area contributed by atoms with Gasteiger partial charge in [0.15, 0.2) is 0 Å². The zero-order valence-electron chi connectivity index (χ0n) is 17.5. The maximum Gasteiger partial charge on any atom is 0.319 e. The Hall–Kier alpha value is -3.38. The molecule has 2 N–H and O–H groups in total. The van der Waals surface area contributed by atoms with Crippen molar-refractivity contribution in [1.29, 1.82) is 0 Å². The van der Waals surface area contributed by atoms with Crippen LogP contribution in [-0.4, -0.2) is 17.1 Å². The number of nitrogens with zero attached hydrogens (tertiary/aromatic N) is 1. The Morgan fingerprint density at radius 3 is 2.58 bits per heavy atom. The quantitative estimate of drug-likeness (QED) is 0.365. The molecule has 4 aromatic rings. The van der Waals surface area contributed by atoms with Gasteiger partial charge in [-0.3, -0.25) is 4.98 Å². The van der Waals surface area contributed by atoms with Crippen molar-refractivity contribution < 1.29 is 9.53 Å². The number of aromatic nitrogens is 1. The number of ether oxygens (including phenoxy) is 1. The van der Waals surface area contributed by atoms with Crippen LogP contribution in [0, 0.1) is 0 Å². The number of thiophene rings is 1. The summed E-state index contributed by atoms with van der Waals surface area (Å²) < 4.78 is 7.01. The highest BCUT2D eigenvalue weighted by atomic mass is 32.1. The molecule has 0 saturated heterocycles. The van der Waals surface area contributed by atoms with Gasteiger partial charge in [-0.2, -0.15) is 0 Å². The van der Waals surface area contributed by atoms with E-state index in [1.165, 1.54) is 5.56 Å². The molecular formula is C25H25N3O2S. The van der Waals surface area contributed by atoms with E-state index in [0.717, 1.165) is 28.1 Å². The van der Waals surface area contributed by atoms with E-state index in [9.17, 15) is 4.79 Å². The summed E-state index contributed by atoms with van der Waals surface area (Å²) in [6.45, 7) is 4.00. The van der Waals surface area contributed by atoms with Gasteiger partial charge in [0.05, 0.1) is 10.2 Å². The summed E-state index contributed by atoms with van der Waals surface area (Å²) in [6, 6.07) is 21.5. The van der Waals surface area contributed by atoms with E-state index in [2.05, 4.69) is 27.8 Å². The van der Waals surface area contributed by atoms with Gasteiger partial charge < -0.3 is 15.4 Å². The molecule has 5 nitrogen and oxygen atoms in total. The Balaban J connectivity index is 0.00000112. The molecule has 1 saturated carbocycles. The fraction of sp³-hybridized carbons (Fsp3) is 0.200. The molecule has 2 aromatic heterocycles. The number of carbonyl (C=O) groups excluding carboxylic acids is 1. The Kier molecular flexibility index (Phi) is 6.48. The molecule has 0 bridgehead atoms. The van der Waals surface area contributed by atoms with Crippen LogP contribution in [0.2, 0.25) is 0 Å². The Labute approximate surface area is 186 Å². The van der Waals surface area contributed by atoms with Crippen LogP contribution in [0.1, 0.15) is 31.7 Å². The molecule has 0 spiro atoms. The fourth-order valence-electron chi connectivity index (χ4n) is 3.42. The topological polar surface area (TPSA) is 63.2 Å². The molecule has 2 aromatic carbocycles. The van der Waals surface area contributed by atoms with Crippen LogP contribution in [0.25, 0.3) is 10.2 Å². The van der Waals surface area contributed by atoms with E-state index in [1.807, 2.05) is 73.8 Å². The van der Waals surface area contributed by atoms with Crippen molar-refractivity contribution in [3.63, 3.8) is 0 Å². The van der Waals surface area contributed by atoms with Crippen LogP contribution in [0.15, 0.2) is 78.3 Å². The molecule has 2 heterocycles.